The molecule has 3 rings (SSSR count). The first-order valence-corrected chi connectivity index (χ1v) is 6.87. The zero-order chi connectivity index (χ0) is 14.7. The minimum absolute atomic E-state index is 0.0996. The van der Waals surface area contributed by atoms with Crippen molar-refractivity contribution in [3.8, 4) is 5.75 Å². The number of nitrogens with zero attached hydrogens (tertiary/aromatic N) is 3. The summed E-state index contributed by atoms with van der Waals surface area (Å²) in [7, 11) is 1.68. The van der Waals surface area contributed by atoms with Gasteiger partial charge in [-0.25, -0.2) is 15.0 Å². The molecule has 0 aliphatic carbocycles. The summed E-state index contributed by atoms with van der Waals surface area (Å²) >= 11 is 0. The predicted octanol–water partition coefficient (Wildman–Crippen LogP) is 2.92. The second-order valence-corrected chi connectivity index (χ2v) is 4.67. The number of hydrogen-bond donors (Lipinski definition) is 2. The Morgan fingerprint density at radius 3 is 2.90 bits per heavy atom. The summed E-state index contributed by atoms with van der Waals surface area (Å²) in [5.74, 6) is 1.61. The zero-order valence-electron chi connectivity index (χ0n) is 12.0. The summed E-state index contributed by atoms with van der Waals surface area (Å²) in [5, 5.41) is 3.45. The molecule has 108 valence electrons. The zero-order valence-corrected chi connectivity index (χ0v) is 12.0. The molecule has 2 heterocycles. The third kappa shape index (κ3) is 2.52. The van der Waals surface area contributed by atoms with Gasteiger partial charge in [-0.05, 0) is 12.5 Å². The van der Waals surface area contributed by atoms with Gasteiger partial charge in [-0.1, -0.05) is 25.1 Å². The first kappa shape index (κ1) is 13.4. The number of rotatable bonds is 5. The maximum Gasteiger partial charge on any atom is 0.182 e. The Hall–Kier alpha value is -2.63. The lowest BCUT2D eigenvalue weighted by atomic mass is 10.0. The largest absolute Gasteiger partial charge is 0.496 e. The van der Waals surface area contributed by atoms with Crippen molar-refractivity contribution in [2.45, 2.75) is 19.4 Å². The van der Waals surface area contributed by atoms with Crippen molar-refractivity contribution < 1.29 is 4.74 Å². The molecule has 2 N–H and O–H groups in total. The summed E-state index contributed by atoms with van der Waals surface area (Å²) < 4.78 is 5.45. The van der Waals surface area contributed by atoms with Gasteiger partial charge >= 0.3 is 0 Å². The third-order valence-corrected chi connectivity index (χ3v) is 3.46. The molecule has 3 aromatic rings. The number of ether oxygens (including phenoxy) is 1. The number of anilines is 1. The van der Waals surface area contributed by atoms with Gasteiger partial charge in [0.25, 0.3) is 0 Å². The average molecular weight is 283 g/mol. The van der Waals surface area contributed by atoms with E-state index >= 15 is 0 Å². The number of benzene rings is 1. The average Bonchev–Trinajstić information content (AvgIpc) is 3.02. The third-order valence-electron chi connectivity index (χ3n) is 3.46. The summed E-state index contributed by atoms with van der Waals surface area (Å²) in [6.07, 6.45) is 4.04. The molecular weight excluding hydrogens is 266 g/mol. The van der Waals surface area contributed by atoms with E-state index < -0.39 is 0 Å². The Morgan fingerprint density at radius 2 is 2.10 bits per heavy atom. The first-order valence-electron chi connectivity index (χ1n) is 6.87. The minimum atomic E-state index is 0.0996. The maximum atomic E-state index is 5.45. The summed E-state index contributed by atoms with van der Waals surface area (Å²) in [5.41, 5.74) is 2.57. The Kier molecular flexibility index (Phi) is 3.68. The number of methoxy groups -OCH3 is 1. The second kappa shape index (κ2) is 5.78. The van der Waals surface area contributed by atoms with Crippen molar-refractivity contribution in [1.29, 1.82) is 0 Å². The Labute approximate surface area is 122 Å². The van der Waals surface area contributed by atoms with Gasteiger partial charge in [-0.15, -0.1) is 0 Å². The van der Waals surface area contributed by atoms with Gasteiger partial charge in [-0.3, -0.25) is 0 Å². The highest BCUT2D eigenvalue weighted by atomic mass is 16.5. The molecule has 0 bridgehead atoms. The van der Waals surface area contributed by atoms with Crippen LogP contribution in [0.4, 0.5) is 5.82 Å². The molecule has 0 aliphatic rings. The van der Waals surface area contributed by atoms with E-state index in [1.54, 1.807) is 13.4 Å². The molecular formula is C15H17N5O. The van der Waals surface area contributed by atoms with E-state index in [1.807, 2.05) is 18.2 Å². The standard InChI is InChI=1S/C15H17N5O/c1-3-11(10-6-4-5-7-12(10)21-2)20-15-13-14(17-8-16-13)18-9-19-15/h4-9,11H,3H2,1-2H3,(H2,16,17,18,19,20). The molecule has 2 aromatic heterocycles. The van der Waals surface area contributed by atoms with Gasteiger partial charge in [0.2, 0.25) is 0 Å². The lowest BCUT2D eigenvalue weighted by molar-refractivity contribution is 0.406. The summed E-state index contributed by atoms with van der Waals surface area (Å²) in [6.45, 7) is 2.12. The predicted molar refractivity (Wildman–Crippen MR) is 81.3 cm³/mol. The van der Waals surface area contributed by atoms with Crippen LogP contribution in [0.1, 0.15) is 24.9 Å². The maximum absolute atomic E-state index is 5.45. The number of H-pyrrole nitrogens is 1. The van der Waals surface area contributed by atoms with Gasteiger partial charge in [0.1, 0.15) is 17.6 Å². The molecule has 1 aromatic carbocycles. The molecule has 21 heavy (non-hydrogen) atoms. The number of imidazole rings is 1. The Balaban J connectivity index is 1.96. The molecule has 6 nitrogen and oxygen atoms in total. The van der Waals surface area contributed by atoms with E-state index in [4.69, 9.17) is 4.74 Å². The lowest BCUT2D eigenvalue weighted by Crippen LogP contribution is -2.12. The molecule has 0 radical (unpaired) electrons. The smallest absolute Gasteiger partial charge is 0.182 e. The molecule has 0 saturated carbocycles. The van der Waals surface area contributed by atoms with Gasteiger partial charge in [0.05, 0.1) is 19.5 Å². The van der Waals surface area contributed by atoms with Crippen LogP contribution in [0, 0.1) is 0 Å². The quantitative estimate of drug-likeness (QED) is 0.753. The van der Waals surface area contributed by atoms with E-state index in [0.717, 1.165) is 29.1 Å². The van der Waals surface area contributed by atoms with Crippen molar-refractivity contribution >= 4 is 17.0 Å². The van der Waals surface area contributed by atoms with Crippen molar-refractivity contribution in [2.24, 2.45) is 0 Å². The molecule has 0 fully saturated rings. The van der Waals surface area contributed by atoms with Crippen LogP contribution in [0.2, 0.25) is 0 Å². The topological polar surface area (TPSA) is 75.7 Å². The van der Waals surface area contributed by atoms with Crippen LogP contribution in [0.25, 0.3) is 11.2 Å². The molecule has 0 amide bonds. The summed E-state index contributed by atoms with van der Waals surface area (Å²) in [6, 6.07) is 8.10. The van der Waals surface area contributed by atoms with Crippen LogP contribution in [-0.4, -0.2) is 27.0 Å². The Morgan fingerprint density at radius 1 is 1.24 bits per heavy atom. The Bertz CT molecular complexity index is 740. The molecule has 0 saturated heterocycles. The van der Waals surface area contributed by atoms with Crippen LogP contribution in [0.5, 0.6) is 5.75 Å². The van der Waals surface area contributed by atoms with E-state index in [1.165, 1.54) is 6.33 Å². The number of aromatic nitrogens is 4. The van der Waals surface area contributed by atoms with E-state index in [9.17, 15) is 0 Å². The minimum Gasteiger partial charge on any atom is -0.496 e. The highest BCUT2D eigenvalue weighted by Crippen LogP contribution is 2.30. The number of nitrogens with one attached hydrogen (secondary N) is 2. The lowest BCUT2D eigenvalue weighted by Gasteiger charge is -2.20. The SMILES string of the molecule is CCC(Nc1ncnc2nc[nH]c12)c1ccccc1OC. The molecule has 0 aliphatic heterocycles. The van der Waals surface area contributed by atoms with Crippen molar-refractivity contribution in [1.82, 2.24) is 19.9 Å². The molecule has 1 unspecified atom stereocenters. The van der Waals surface area contributed by atoms with Gasteiger partial charge < -0.3 is 15.0 Å². The molecule has 1 atom stereocenters. The fourth-order valence-corrected chi connectivity index (χ4v) is 2.39. The number of para-hydroxylation sites is 1. The number of fused-ring (bicyclic) bond motifs is 1. The number of hydrogen-bond acceptors (Lipinski definition) is 5. The van der Waals surface area contributed by atoms with Crippen LogP contribution in [-0.2, 0) is 0 Å². The van der Waals surface area contributed by atoms with Crippen LogP contribution in [0.15, 0.2) is 36.9 Å². The van der Waals surface area contributed by atoms with Crippen LogP contribution >= 0.6 is 0 Å². The highest BCUT2D eigenvalue weighted by molar-refractivity contribution is 5.82. The monoisotopic (exact) mass is 283 g/mol. The summed E-state index contributed by atoms with van der Waals surface area (Å²) in [4.78, 5) is 15.7. The van der Waals surface area contributed by atoms with Crippen LogP contribution in [0.3, 0.4) is 0 Å². The van der Waals surface area contributed by atoms with E-state index in [-0.39, 0.29) is 6.04 Å². The first-order chi connectivity index (χ1) is 10.3. The molecule has 0 spiro atoms. The van der Waals surface area contributed by atoms with Gasteiger partial charge in [0, 0.05) is 5.56 Å². The fraction of sp³-hybridized carbons (Fsp3) is 0.267. The molecule has 6 heteroatoms. The van der Waals surface area contributed by atoms with Crippen LogP contribution < -0.4 is 10.1 Å². The van der Waals surface area contributed by atoms with E-state index in [2.05, 4.69) is 38.2 Å². The van der Waals surface area contributed by atoms with Gasteiger partial charge in [-0.2, -0.15) is 0 Å². The van der Waals surface area contributed by atoms with Crippen molar-refractivity contribution in [2.75, 3.05) is 12.4 Å². The highest BCUT2D eigenvalue weighted by Gasteiger charge is 2.16. The second-order valence-electron chi connectivity index (χ2n) is 4.67. The normalized spacial score (nSPS) is 12.3. The van der Waals surface area contributed by atoms with Gasteiger partial charge in [0.15, 0.2) is 11.5 Å². The van der Waals surface area contributed by atoms with Crippen molar-refractivity contribution in [3.05, 3.63) is 42.5 Å². The fourth-order valence-electron chi connectivity index (χ4n) is 2.39. The number of aromatic amines is 1. The van der Waals surface area contributed by atoms with E-state index in [0.29, 0.717) is 5.65 Å². The van der Waals surface area contributed by atoms with Crippen molar-refractivity contribution in [3.63, 3.8) is 0 Å².